The van der Waals surface area contributed by atoms with E-state index in [0.717, 1.165) is 19.5 Å². The fourth-order valence-corrected chi connectivity index (χ4v) is 2.20. The molecule has 1 saturated heterocycles. The highest BCUT2D eigenvalue weighted by atomic mass is 16.3. The van der Waals surface area contributed by atoms with Gasteiger partial charge in [0.15, 0.2) is 0 Å². The van der Waals surface area contributed by atoms with E-state index in [-0.39, 0.29) is 17.7 Å². The molecule has 1 heterocycles. The molecule has 2 unspecified atom stereocenters. The molecule has 1 aliphatic heterocycles. The summed E-state index contributed by atoms with van der Waals surface area (Å²) in [6, 6.07) is 6.75. The number of rotatable bonds is 2. The van der Waals surface area contributed by atoms with Crippen LogP contribution in [0.15, 0.2) is 24.3 Å². The van der Waals surface area contributed by atoms with E-state index in [1.165, 1.54) is 6.07 Å². The summed E-state index contributed by atoms with van der Waals surface area (Å²) in [7, 11) is 0. The molecular weight excluding hydrogens is 216 g/mol. The number of piperidine rings is 1. The zero-order valence-electron chi connectivity index (χ0n) is 9.94. The summed E-state index contributed by atoms with van der Waals surface area (Å²) in [6.07, 6.45) is 0.979. The minimum Gasteiger partial charge on any atom is -0.507 e. The van der Waals surface area contributed by atoms with Gasteiger partial charge in [0.1, 0.15) is 5.75 Å². The Kier molecular flexibility index (Phi) is 3.64. The van der Waals surface area contributed by atoms with Crippen LogP contribution in [0.1, 0.15) is 23.7 Å². The van der Waals surface area contributed by atoms with E-state index in [9.17, 15) is 9.90 Å². The van der Waals surface area contributed by atoms with Gasteiger partial charge in [-0.15, -0.1) is 0 Å². The summed E-state index contributed by atoms with van der Waals surface area (Å²) in [4.78, 5) is 11.9. The van der Waals surface area contributed by atoms with Crippen molar-refractivity contribution < 1.29 is 9.90 Å². The number of phenolic OH excluding ortho intramolecular Hbond substituents is 1. The SMILES string of the molecule is CC1CNCC(NC(=O)c2ccccc2O)C1. The van der Waals surface area contributed by atoms with Crippen LogP contribution in [0.2, 0.25) is 0 Å². The number of carbonyl (C=O) groups excluding carboxylic acids is 1. The van der Waals surface area contributed by atoms with Crippen molar-refractivity contribution in [3.05, 3.63) is 29.8 Å². The van der Waals surface area contributed by atoms with E-state index in [1.54, 1.807) is 18.2 Å². The highest BCUT2D eigenvalue weighted by Crippen LogP contribution is 2.16. The fourth-order valence-electron chi connectivity index (χ4n) is 2.20. The number of amides is 1. The number of nitrogens with one attached hydrogen (secondary N) is 2. The molecule has 1 aromatic carbocycles. The molecule has 2 atom stereocenters. The summed E-state index contributed by atoms with van der Waals surface area (Å²) in [6.45, 7) is 3.96. The Morgan fingerprint density at radius 1 is 1.41 bits per heavy atom. The molecule has 0 spiro atoms. The molecule has 1 fully saturated rings. The largest absolute Gasteiger partial charge is 0.507 e. The molecule has 92 valence electrons. The van der Waals surface area contributed by atoms with Gasteiger partial charge in [-0.05, 0) is 31.0 Å². The maximum absolute atomic E-state index is 11.9. The first-order chi connectivity index (χ1) is 8.16. The lowest BCUT2D eigenvalue weighted by atomic mass is 9.97. The molecule has 0 saturated carbocycles. The van der Waals surface area contributed by atoms with Crippen LogP contribution in [0.25, 0.3) is 0 Å². The molecule has 0 radical (unpaired) electrons. The molecule has 0 aliphatic carbocycles. The van der Waals surface area contributed by atoms with Crippen molar-refractivity contribution in [1.82, 2.24) is 10.6 Å². The molecular formula is C13H18N2O2. The Morgan fingerprint density at radius 3 is 2.88 bits per heavy atom. The van der Waals surface area contributed by atoms with E-state index < -0.39 is 0 Å². The summed E-state index contributed by atoms with van der Waals surface area (Å²) in [5, 5.41) is 15.8. The van der Waals surface area contributed by atoms with Crippen LogP contribution in [0.4, 0.5) is 0 Å². The number of hydrogen-bond acceptors (Lipinski definition) is 3. The number of hydrogen-bond donors (Lipinski definition) is 3. The maximum Gasteiger partial charge on any atom is 0.255 e. The van der Waals surface area contributed by atoms with Crippen molar-refractivity contribution in [2.45, 2.75) is 19.4 Å². The van der Waals surface area contributed by atoms with Crippen molar-refractivity contribution in [1.29, 1.82) is 0 Å². The van der Waals surface area contributed by atoms with Gasteiger partial charge in [0, 0.05) is 12.6 Å². The topological polar surface area (TPSA) is 61.4 Å². The van der Waals surface area contributed by atoms with Crippen molar-refractivity contribution in [2.24, 2.45) is 5.92 Å². The zero-order chi connectivity index (χ0) is 12.3. The molecule has 1 aliphatic rings. The van der Waals surface area contributed by atoms with Gasteiger partial charge in [-0.3, -0.25) is 4.79 Å². The van der Waals surface area contributed by atoms with Crippen LogP contribution in [0, 0.1) is 5.92 Å². The third-order valence-electron chi connectivity index (χ3n) is 3.05. The van der Waals surface area contributed by atoms with Gasteiger partial charge in [0.05, 0.1) is 5.56 Å². The van der Waals surface area contributed by atoms with Crippen molar-refractivity contribution in [3.63, 3.8) is 0 Å². The monoisotopic (exact) mass is 234 g/mol. The minimum atomic E-state index is -0.205. The van der Waals surface area contributed by atoms with Gasteiger partial charge in [-0.1, -0.05) is 19.1 Å². The third-order valence-corrected chi connectivity index (χ3v) is 3.05. The molecule has 1 amide bonds. The van der Waals surface area contributed by atoms with E-state index >= 15 is 0 Å². The average molecular weight is 234 g/mol. The Bertz CT molecular complexity index is 406. The molecule has 4 heteroatoms. The predicted octanol–water partition coefficient (Wildman–Crippen LogP) is 1.12. The quantitative estimate of drug-likeness (QED) is 0.718. The highest BCUT2D eigenvalue weighted by molar-refractivity contribution is 5.96. The number of carbonyl (C=O) groups is 1. The Morgan fingerprint density at radius 2 is 2.18 bits per heavy atom. The maximum atomic E-state index is 11.9. The highest BCUT2D eigenvalue weighted by Gasteiger charge is 2.21. The lowest BCUT2D eigenvalue weighted by molar-refractivity contribution is 0.0922. The van der Waals surface area contributed by atoms with Crippen molar-refractivity contribution in [2.75, 3.05) is 13.1 Å². The second kappa shape index (κ2) is 5.19. The Hall–Kier alpha value is -1.55. The standard InChI is InChI=1S/C13H18N2O2/c1-9-6-10(8-14-7-9)15-13(17)11-4-2-3-5-12(11)16/h2-5,9-10,14,16H,6-8H2,1H3,(H,15,17). The van der Waals surface area contributed by atoms with Gasteiger partial charge in [-0.25, -0.2) is 0 Å². The van der Waals surface area contributed by atoms with Crippen LogP contribution < -0.4 is 10.6 Å². The zero-order valence-corrected chi connectivity index (χ0v) is 9.94. The summed E-state index contributed by atoms with van der Waals surface area (Å²) in [5.74, 6) is 0.393. The van der Waals surface area contributed by atoms with Gasteiger partial charge in [-0.2, -0.15) is 0 Å². The van der Waals surface area contributed by atoms with Crippen LogP contribution in [0.5, 0.6) is 5.75 Å². The van der Waals surface area contributed by atoms with Crippen molar-refractivity contribution in [3.8, 4) is 5.75 Å². The van der Waals surface area contributed by atoms with Gasteiger partial charge in [0.25, 0.3) is 5.91 Å². The van der Waals surface area contributed by atoms with E-state index in [1.807, 2.05) is 0 Å². The van der Waals surface area contributed by atoms with Crippen LogP contribution in [0.3, 0.4) is 0 Å². The second-order valence-electron chi connectivity index (χ2n) is 4.69. The lowest BCUT2D eigenvalue weighted by Crippen LogP contribution is -2.48. The average Bonchev–Trinajstić information content (AvgIpc) is 2.29. The number of para-hydroxylation sites is 1. The molecule has 4 nitrogen and oxygen atoms in total. The summed E-state index contributed by atoms with van der Waals surface area (Å²) < 4.78 is 0. The van der Waals surface area contributed by atoms with Gasteiger partial charge in [0.2, 0.25) is 0 Å². The first-order valence-corrected chi connectivity index (χ1v) is 5.96. The normalized spacial score (nSPS) is 24.3. The second-order valence-corrected chi connectivity index (χ2v) is 4.69. The molecule has 2 rings (SSSR count). The number of phenols is 1. The third kappa shape index (κ3) is 2.97. The lowest BCUT2D eigenvalue weighted by Gasteiger charge is -2.28. The van der Waals surface area contributed by atoms with E-state index in [2.05, 4.69) is 17.6 Å². The first-order valence-electron chi connectivity index (χ1n) is 5.96. The van der Waals surface area contributed by atoms with Gasteiger partial charge < -0.3 is 15.7 Å². The molecule has 0 aromatic heterocycles. The van der Waals surface area contributed by atoms with Crippen LogP contribution >= 0.6 is 0 Å². The molecule has 1 aromatic rings. The predicted molar refractivity (Wildman–Crippen MR) is 66.0 cm³/mol. The van der Waals surface area contributed by atoms with Crippen molar-refractivity contribution >= 4 is 5.91 Å². The smallest absolute Gasteiger partial charge is 0.255 e. The number of aromatic hydroxyl groups is 1. The Balaban J connectivity index is 1.99. The Labute approximate surface area is 101 Å². The summed E-state index contributed by atoms with van der Waals surface area (Å²) >= 11 is 0. The fraction of sp³-hybridized carbons (Fsp3) is 0.462. The molecule has 0 bridgehead atoms. The molecule has 17 heavy (non-hydrogen) atoms. The van der Waals surface area contributed by atoms with E-state index in [0.29, 0.717) is 11.5 Å². The van der Waals surface area contributed by atoms with E-state index in [4.69, 9.17) is 0 Å². The first kappa shape index (κ1) is 11.9. The van der Waals surface area contributed by atoms with Crippen LogP contribution in [-0.4, -0.2) is 30.1 Å². The number of benzene rings is 1. The molecule has 3 N–H and O–H groups in total. The van der Waals surface area contributed by atoms with Crippen LogP contribution in [-0.2, 0) is 0 Å². The van der Waals surface area contributed by atoms with Gasteiger partial charge >= 0.3 is 0 Å². The minimum absolute atomic E-state index is 0.0295. The summed E-state index contributed by atoms with van der Waals surface area (Å²) in [5.41, 5.74) is 0.339.